The maximum atomic E-state index is 13.5. The molecule has 2 atom stereocenters. The Morgan fingerprint density at radius 2 is 1.97 bits per heavy atom. The van der Waals surface area contributed by atoms with Crippen molar-refractivity contribution < 1.29 is 23.5 Å². The smallest absolute Gasteiger partial charge is 0.254 e. The molecule has 8 heteroatoms. The van der Waals surface area contributed by atoms with Crippen molar-refractivity contribution in [1.82, 2.24) is 15.2 Å². The minimum Gasteiger partial charge on any atom is -0.493 e. The fraction of sp³-hybridized carbons (Fsp3) is 0.261. The van der Waals surface area contributed by atoms with Crippen molar-refractivity contribution in [3.8, 4) is 11.5 Å². The van der Waals surface area contributed by atoms with Crippen LogP contribution < -0.4 is 14.8 Å². The lowest BCUT2D eigenvalue weighted by atomic mass is 9.79. The minimum atomic E-state index is -0.684. The van der Waals surface area contributed by atoms with Gasteiger partial charge in [0, 0.05) is 25.0 Å². The van der Waals surface area contributed by atoms with Crippen molar-refractivity contribution >= 4 is 11.8 Å². The largest absolute Gasteiger partial charge is 0.493 e. The number of carbonyl (C=O) groups is 2. The molecule has 1 aromatic carbocycles. The fourth-order valence-corrected chi connectivity index (χ4v) is 4.00. The van der Waals surface area contributed by atoms with Gasteiger partial charge in [0.1, 0.15) is 5.76 Å². The standard InChI is InChI=1S/C23H23N3O5/c1-26-21(14-6-4-8-24-12-14)20(22(27)25-13-15-7-5-9-31-15)16-10-18(29-2)19(30-3)11-17(16)23(26)28/h4-12,20-21H,13H2,1-3H3,(H,25,27)/t20-,21-/m1/s1. The molecule has 0 aliphatic carbocycles. The number of fused-ring (bicyclic) bond motifs is 1. The monoisotopic (exact) mass is 421 g/mol. The molecule has 0 saturated heterocycles. The summed E-state index contributed by atoms with van der Waals surface area (Å²) in [5.74, 6) is 0.388. The molecule has 3 aromatic rings. The average Bonchev–Trinajstić information content (AvgIpc) is 3.33. The second-order valence-electron chi connectivity index (χ2n) is 7.22. The summed E-state index contributed by atoms with van der Waals surface area (Å²) in [6.45, 7) is 0.238. The summed E-state index contributed by atoms with van der Waals surface area (Å²) < 4.78 is 16.1. The first-order chi connectivity index (χ1) is 15.0. The van der Waals surface area contributed by atoms with Gasteiger partial charge in [0.2, 0.25) is 5.91 Å². The lowest BCUT2D eigenvalue weighted by molar-refractivity contribution is -0.124. The van der Waals surface area contributed by atoms with Crippen molar-refractivity contribution in [3.05, 3.63) is 77.5 Å². The summed E-state index contributed by atoms with van der Waals surface area (Å²) in [4.78, 5) is 32.5. The highest BCUT2D eigenvalue weighted by Gasteiger charge is 2.43. The molecule has 0 spiro atoms. The Hall–Kier alpha value is -3.81. The van der Waals surface area contributed by atoms with Crippen molar-refractivity contribution in [2.24, 2.45) is 0 Å². The predicted molar refractivity (Wildman–Crippen MR) is 112 cm³/mol. The molecule has 0 radical (unpaired) electrons. The third kappa shape index (κ3) is 3.72. The summed E-state index contributed by atoms with van der Waals surface area (Å²) >= 11 is 0. The highest BCUT2D eigenvalue weighted by Crippen LogP contribution is 2.45. The van der Waals surface area contributed by atoms with E-state index in [2.05, 4.69) is 10.3 Å². The number of aromatic nitrogens is 1. The Morgan fingerprint density at radius 3 is 2.61 bits per heavy atom. The van der Waals surface area contributed by atoms with Gasteiger partial charge in [-0.2, -0.15) is 0 Å². The van der Waals surface area contributed by atoms with Crippen LogP contribution in [-0.2, 0) is 11.3 Å². The van der Waals surface area contributed by atoms with Crippen LogP contribution in [0.1, 0.15) is 39.2 Å². The summed E-state index contributed by atoms with van der Waals surface area (Å²) in [5.41, 5.74) is 1.74. The Balaban J connectivity index is 1.82. The second kappa shape index (κ2) is 8.51. The fourth-order valence-electron chi connectivity index (χ4n) is 4.00. The van der Waals surface area contributed by atoms with Crippen LogP contribution in [0.5, 0.6) is 11.5 Å². The molecular formula is C23H23N3O5. The zero-order chi connectivity index (χ0) is 22.0. The highest BCUT2D eigenvalue weighted by molar-refractivity contribution is 6.02. The molecule has 31 heavy (non-hydrogen) atoms. The van der Waals surface area contributed by atoms with Crippen LogP contribution in [0.25, 0.3) is 0 Å². The third-order valence-electron chi connectivity index (χ3n) is 5.50. The molecule has 1 aliphatic heterocycles. The number of rotatable bonds is 6. The number of likely N-dealkylation sites (N-methyl/N-ethyl adjacent to an activating group) is 1. The summed E-state index contributed by atoms with van der Waals surface area (Å²) in [6, 6.07) is 9.99. The number of nitrogens with one attached hydrogen (secondary N) is 1. The van der Waals surface area contributed by atoms with E-state index in [0.29, 0.717) is 28.4 Å². The number of hydrogen-bond donors (Lipinski definition) is 1. The Labute approximate surface area is 179 Å². The number of furan rings is 1. The van der Waals surface area contributed by atoms with Crippen molar-refractivity contribution in [1.29, 1.82) is 0 Å². The quantitative estimate of drug-likeness (QED) is 0.658. The molecule has 0 fully saturated rings. The zero-order valence-corrected chi connectivity index (χ0v) is 17.5. The first-order valence-corrected chi connectivity index (χ1v) is 9.78. The number of hydrogen-bond acceptors (Lipinski definition) is 6. The van der Waals surface area contributed by atoms with Crippen LogP contribution >= 0.6 is 0 Å². The van der Waals surface area contributed by atoms with Crippen LogP contribution in [0, 0.1) is 0 Å². The Kier molecular flexibility index (Phi) is 5.62. The topological polar surface area (TPSA) is 93.9 Å². The molecular weight excluding hydrogens is 398 g/mol. The van der Waals surface area contributed by atoms with Gasteiger partial charge in [-0.15, -0.1) is 0 Å². The van der Waals surface area contributed by atoms with Crippen molar-refractivity contribution in [2.75, 3.05) is 21.3 Å². The predicted octanol–water partition coefficient (Wildman–Crippen LogP) is 2.92. The molecule has 4 rings (SSSR count). The van der Waals surface area contributed by atoms with Crippen LogP contribution in [-0.4, -0.2) is 43.0 Å². The number of nitrogens with zero attached hydrogens (tertiary/aromatic N) is 2. The number of benzene rings is 1. The normalized spacial score (nSPS) is 17.8. The van der Waals surface area contributed by atoms with E-state index >= 15 is 0 Å². The summed E-state index contributed by atoms with van der Waals surface area (Å²) in [6.07, 6.45) is 4.88. The van der Waals surface area contributed by atoms with Gasteiger partial charge in [-0.1, -0.05) is 6.07 Å². The molecule has 1 N–H and O–H groups in total. The molecule has 0 unspecified atom stereocenters. The van der Waals surface area contributed by atoms with Gasteiger partial charge in [-0.3, -0.25) is 14.6 Å². The Bertz CT molecular complexity index is 1080. The van der Waals surface area contributed by atoms with Gasteiger partial charge in [0.25, 0.3) is 5.91 Å². The highest BCUT2D eigenvalue weighted by atomic mass is 16.5. The third-order valence-corrected chi connectivity index (χ3v) is 5.50. The van der Waals surface area contributed by atoms with E-state index in [1.807, 2.05) is 6.07 Å². The first-order valence-electron chi connectivity index (χ1n) is 9.78. The van der Waals surface area contributed by atoms with Crippen LogP contribution in [0.3, 0.4) is 0 Å². The van der Waals surface area contributed by atoms with Gasteiger partial charge in [-0.25, -0.2) is 0 Å². The van der Waals surface area contributed by atoms with Crippen molar-refractivity contribution in [2.45, 2.75) is 18.5 Å². The number of amides is 2. The van der Waals surface area contributed by atoms with Gasteiger partial charge >= 0.3 is 0 Å². The molecule has 2 aromatic heterocycles. The van der Waals surface area contributed by atoms with E-state index in [9.17, 15) is 9.59 Å². The number of pyridine rings is 1. The average molecular weight is 421 g/mol. The van der Waals surface area contributed by atoms with Crippen LogP contribution in [0.2, 0.25) is 0 Å². The van der Waals surface area contributed by atoms with E-state index in [1.54, 1.807) is 60.9 Å². The van der Waals surface area contributed by atoms with E-state index < -0.39 is 12.0 Å². The number of ether oxygens (including phenoxy) is 2. The zero-order valence-electron chi connectivity index (χ0n) is 17.5. The van der Waals surface area contributed by atoms with E-state index in [-0.39, 0.29) is 18.4 Å². The van der Waals surface area contributed by atoms with Crippen LogP contribution in [0.4, 0.5) is 0 Å². The number of methoxy groups -OCH3 is 2. The minimum absolute atomic E-state index is 0.208. The SMILES string of the molecule is COc1cc2c(cc1OC)[C@@H](C(=O)NCc1ccco1)[C@@H](c1cccnc1)N(C)C2=O. The molecule has 2 amide bonds. The maximum absolute atomic E-state index is 13.5. The Morgan fingerprint density at radius 1 is 1.19 bits per heavy atom. The van der Waals surface area contributed by atoms with Gasteiger partial charge < -0.3 is 24.1 Å². The summed E-state index contributed by atoms with van der Waals surface area (Å²) in [7, 11) is 4.71. The molecule has 0 bridgehead atoms. The molecule has 160 valence electrons. The first kappa shape index (κ1) is 20.5. The number of carbonyl (C=O) groups excluding carboxylic acids is 2. The van der Waals surface area contributed by atoms with Gasteiger partial charge in [0.15, 0.2) is 11.5 Å². The van der Waals surface area contributed by atoms with Crippen LogP contribution in [0.15, 0.2) is 59.5 Å². The van der Waals surface area contributed by atoms with Gasteiger partial charge in [-0.05, 0) is 41.5 Å². The maximum Gasteiger partial charge on any atom is 0.254 e. The van der Waals surface area contributed by atoms with Crippen molar-refractivity contribution in [3.63, 3.8) is 0 Å². The van der Waals surface area contributed by atoms with E-state index in [4.69, 9.17) is 13.9 Å². The molecule has 8 nitrogen and oxygen atoms in total. The summed E-state index contributed by atoms with van der Waals surface area (Å²) in [5, 5.41) is 2.93. The molecule has 3 heterocycles. The lowest BCUT2D eigenvalue weighted by Gasteiger charge is -2.39. The molecule has 0 saturated carbocycles. The van der Waals surface area contributed by atoms with E-state index in [1.165, 1.54) is 14.2 Å². The molecule has 1 aliphatic rings. The lowest BCUT2D eigenvalue weighted by Crippen LogP contribution is -2.45. The second-order valence-corrected chi connectivity index (χ2v) is 7.22. The van der Waals surface area contributed by atoms with Gasteiger partial charge in [0.05, 0.1) is 39.0 Å². The van der Waals surface area contributed by atoms with E-state index in [0.717, 1.165) is 5.56 Å².